The number of rotatable bonds is 6. The summed E-state index contributed by atoms with van der Waals surface area (Å²) >= 11 is 4.89. The molecule has 0 aliphatic carbocycles. The molecule has 1 aromatic rings. The van der Waals surface area contributed by atoms with Crippen molar-refractivity contribution in [2.75, 3.05) is 19.6 Å². The van der Waals surface area contributed by atoms with Crippen molar-refractivity contribution < 1.29 is 0 Å². The van der Waals surface area contributed by atoms with Crippen LogP contribution in [-0.4, -0.2) is 34.1 Å². The van der Waals surface area contributed by atoms with Crippen LogP contribution in [0.5, 0.6) is 0 Å². The molecule has 0 bridgehead atoms. The molecule has 0 saturated carbocycles. The molecule has 0 aliphatic heterocycles. The first-order valence-corrected chi connectivity index (χ1v) is 6.64. The van der Waals surface area contributed by atoms with E-state index in [9.17, 15) is 4.79 Å². The predicted octanol–water partition coefficient (Wildman–Crippen LogP) is 1.13. The maximum atomic E-state index is 12.2. The average molecular weight is 267 g/mol. The Hall–Kier alpha value is -1.20. The Kier molecular flexibility index (Phi) is 5.50. The number of hydrogen-bond donors (Lipinski definition) is 1. The van der Waals surface area contributed by atoms with Gasteiger partial charge in [-0.05, 0) is 32.1 Å². The van der Waals surface area contributed by atoms with Crippen LogP contribution in [0.3, 0.4) is 0 Å². The Bertz CT molecular complexity index is 478. The second kappa shape index (κ2) is 6.66. The van der Waals surface area contributed by atoms with Gasteiger partial charge in [-0.3, -0.25) is 4.79 Å². The van der Waals surface area contributed by atoms with E-state index in [1.54, 1.807) is 10.6 Å². The van der Waals surface area contributed by atoms with E-state index in [1.165, 1.54) is 0 Å². The quantitative estimate of drug-likeness (QED) is 0.785. The summed E-state index contributed by atoms with van der Waals surface area (Å²) in [5.41, 5.74) is 6.82. The smallest absolute Gasteiger partial charge is 0.261 e. The van der Waals surface area contributed by atoms with Gasteiger partial charge in [0.05, 0.1) is 5.56 Å². The summed E-state index contributed by atoms with van der Waals surface area (Å²) in [6.45, 7) is 9.65. The van der Waals surface area contributed by atoms with Crippen LogP contribution in [-0.2, 0) is 6.54 Å². The van der Waals surface area contributed by atoms with Crippen LogP contribution in [0.1, 0.15) is 25.1 Å². The fourth-order valence-corrected chi connectivity index (χ4v) is 2.07. The van der Waals surface area contributed by atoms with Gasteiger partial charge in [-0.15, -0.1) is 0 Å². The normalized spacial score (nSPS) is 10.9. The zero-order valence-corrected chi connectivity index (χ0v) is 12.1. The van der Waals surface area contributed by atoms with Gasteiger partial charge >= 0.3 is 0 Å². The van der Waals surface area contributed by atoms with Gasteiger partial charge in [0.25, 0.3) is 5.56 Å². The first kappa shape index (κ1) is 14.9. The lowest BCUT2D eigenvalue weighted by Crippen LogP contribution is -2.34. The highest BCUT2D eigenvalue weighted by atomic mass is 32.1. The van der Waals surface area contributed by atoms with Gasteiger partial charge in [0.1, 0.15) is 4.99 Å². The third-order valence-electron chi connectivity index (χ3n) is 3.19. The first-order chi connectivity index (χ1) is 8.51. The SMILES string of the molecule is CCN(CC)CCn1c(C)ccc(C(N)=S)c1=O. The third kappa shape index (κ3) is 3.40. The molecule has 100 valence electrons. The second-order valence-electron chi connectivity index (χ2n) is 4.24. The molecule has 1 aromatic heterocycles. The summed E-state index contributed by atoms with van der Waals surface area (Å²) in [4.78, 5) is 14.6. The van der Waals surface area contributed by atoms with E-state index in [0.29, 0.717) is 12.1 Å². The number of aryl methyl sites for hydroxylation is 1. The zero-order valence-electron chi connectivity index (χ0n) is 11.3. The van der Waals surface area contributed by atoms with Crippen LogP contribution in [0.15, 0.2) is 16.9 Å². The topological polar surface area (TPSA) is 51.3 Å². The summed E-state index contributed by atoms with van der Waals surface area (Å²) in [6.07, 6.45) is 0. The van der Waals surface area contributed by atoms with Crippen molar-refractivity contribution >= 4 is 17.2 Å². The summed E-state index contributed by atoms with van der Waals surface area (Å²) in [6, 6.07) is 3.59. The number of nitrogens with two attached hydrogens (primary N) is 1. The van der Waals surface area contributed by atoms with Crippen LogP contribution in [0.4, 0.5) is 0 Å². The third-order valence-corrected chi connectivity index (χ3v) is 3.41. The summed E-state index contributed by atoms with van der Waals surface area (Å²) < 4.78 is 1.74. The van der Waals surface area contributed by atoms with E-state index in [0.717, 1.165) is 25.3 Å². The molecule has 5 heteroatoms. The van der Waals surface area contributed by atoms with Crippen molar-refractivity contribution in [2.24, 2.45) is 5.73 Å². The van der Waals surface area contributed by atoms with E-state index >= 15 is 0 Å². The maximum absolute atomic E-state index is 12.2. The Morgan fingerprint density at radius 1 is 1.39 bits per heavy atom. The fourth-order valence-electron chi connectivity index (χ4n) is 1.92. The van der Waals surface area contributed by atoms with Gasteiger partial charge in [-0.25, -0.2) is 0 Å². The molecule has 2 N–H and O–H groups in total. The Labute approximate surface area is 113 Å². The molecular weight excluding hydrogens is 246 g/mol. The molecular formula is C13H21N3OS. The molecule has 0 spiro atoms. The van der Waals surface area contributed by atoms with Crippen molar-refractivity contribution in [2.45, 2.75) is 27.3 Å². The van der Waals surface area contributed by atoms with Gasteiger partial charge in [0.2, 0.25) is 0 Å². The number of aromatic nitrogens is 1. The Morgan fingerprint density at radius 2 is 2.00 bits per heavy atom. The van der Waals surface area contributed by atoms with Gasteiger partial charge in [0, 0.05) is 18.8 Å². The minimum atomic E-state index is -0.0883. The lowest BCUT2D eigenvalue weighted by Gasteiger charge is -2.19. The van der Waals surface area contributed by atoms with Crippen LogP contribution in [0.2, 0.25) is 0 Å². The molecule has 0 amide bonds. The Morgan fingerprint density at radius 3 is 2.50 bits per heavy atom. The molecule has 1 rings (SSSR count). The molecule has 0 aromatic carbocycles. The molecule has 0 saturated heterocycles. The average Bonchev–Trinajstić information content (AvgIpc) is 2.33. The number of nitrogens with zero attached hydrogens (tertiary/aromatic N) is 2. The minimum absolute atomic E-state index is 0.0883. The highest BCUT2D eigenvalue weighted by Crippen LogP contribution is 2.00. The lowest BCUT2D eigenvalue weighted by molar-refractivity contribution is 0.288. The van der Waals surface area contributed by atoms with Crippen LogP contribution in [0.25, 0.3) is 0 Å². The van der Waals surface area contributed by atoms with Gasteiger partial charge in [0.15, 0.2) is 0 Å². The van der Waals surface area contributed by atoms with Crippen LogP contribution >= 0.6 is 12.2 Å². The van der Waals surface area contributed by atoms with E-state index in [4.69, 9.17) is 18.0 Å². The standard InChI is InChI=1S/C13H21N3OS/c1-4-15(5-2)8-9-16-10(3)6-7-11(12(14)18)13(16)17/h6-7H,4-5,8-9H2,1-3H3,(H2,14,18). The fraction of sp³-hybridized carbons (Fsp3) is 0.538. The van der Waals surface area contributed by atoms with Crippen LogP contribution in [0, 0.1) is 6.92 Å². The predicted molar refractivity (Wildman–Crippen MR) is 79.1 cm³/mol. The monoisotopic (exact) mass is 267 g/mol. The van der Waals surface area contributed by atoms with Crippen LogP contribution < -0.4 is 11.3 Å². The molecule has 4 nitrogen and oxygen atoms in total. The molecule has 0 fully saturated rings. The highest BCUT2D eigenvalue weighted by Gasteiger charge is 2.09. The van der Waals surface area contributed by atoms with Crippen molar-refractivity contribution in [1.82, 2.24) is 9.47 Å². The molecule has 0 radical (unpaired) electrons. The number of hydrogen-bond acceptors (Lipinski definition) is 3. The van der Waals surface area contributed by atoms with Crippen molar-refractivity contribution in [3.63, 3.8) is 0 Å². The molecule has 18 heavy (non-hydrogen) atoms. The summed E-state index contributed by atoms with van der Waals surface area (Å²) in [5.74, 6) is 0. The first-order valence-electron chi connectivity index (χ1n) is 6.23. The molecule has 0 aliphatic rings. The largest absolute Gasteiger partial charge is 0.389 e. The summed E-state index contributed by atoms with van der Waals surface area (Å²) in [7, 11) is 0. The number of thiocarbonyl (C=S) groups is 1. The van der Waals surface area contributed by atoms with Crippen molar-refractivity contribution in [1.29, 1.82) is 0 Å². The Balaban J connectivity index is 2.98. The van der Waals surface area contributed by atoms with Gasteiger partial charge in [-0.2, -0.15) is 0 Å². The van der Waals surface area contributed by atoms with E-state index in [2.05, 4.69) is 18.7 Å². The van der Waals surface area contributed by atoms with Gasteiger partial charge < -0.3 is 15.2 Å². The van der Waals surface area contributed by atoms with Crippen molar-refractivity contribution in [3.05, 3.63) is 33.7 Å². The second-order valence-corrected chi connectivity index (χ2v) is 4.68. The zero-order chi connectivity index (χ0) is 13.7. The van der Waals surface area contributed by atoms with E-state index in [-0.39, 0.29) is 10.5 Å². The number of likely N-dealkylation sites (N-methyl/N-ethyl adjacent to an activating group) is 1. The molecule has 0 unspecified atom stereocenters. The number of pyridine rings is 1. The lowest BCUT2D eigenvalue weighted by atomic mass is 10.2. The van der Waals surface area contributed by atoms with E-state index in [1.807, 2.05) is 13.0 Å². The maximum Gasteiger partial charge on any atom is 0.261 e. The molecule has 1 heterocycles. The highest BCUT2D eigenvalue weighted by molar-refractivity contribution is 7.80. The summed E-state index contributed by atoms with van der Waals surface area (Å²) in [5, 5.41) is 0. The molecule has 0 atom stereocenters. The minimum Gasteiger partial charge on any atom is -0.389 e. The van der Waals surface area contributed by atoms with E-state index < -0.39 is 0 Å². The van der Waals surface area contributed by atoms with Crippen molar-refractivity contribution in [3.8, 4) is 0 Å². The van der Waals surface area contributed by atoms with Gasteiger partial charge in [-0.1, -0.05) is 26.1 Å².